The molecule has 0 fully saturated rings. The van der Waals surface area contributed by atoms with Crippen molar-refractivity contribution in [3.05, 3.63) is 48.0 Å². The van der Waals surface area contributed by atoms with Crippen LogP contribution >= 0.6 is 0 Å². The lowest BCUT2D eigenvalue weighted by Crippen LogP contribution is -1.95. The van der Waals surface area contributed by atoms with E-state index in [9.17, 15) is 0 Å². The normalized spacial score (nSPS) is 11.1. The highest BCUT2D eigenvalue weighted by atomic mass is 16.3. The van der Waals surface area contributed by atoms with Crippen molar-refractivity contribution in [3.8, 4) is 11.5 Å². The molecule has 3 rings (SSSR count). The number of unbranched alkanes of at least 4 members (excludes halogenated alkanes) is 1. The summed E-state index contributed by atoms with van der Waals surface area (Å²) >= 11 is 0. The SMILES string of the molecule is CCCCc1ccc(-c2nc3ccccc3o2)cc1N. The number of benzene rings is 2. The van der Waals surface area contributed by atoms with E-state index in [0.29, 0.717) is 5.89 Å². The first-order valence-corrected chi connectivity index (χ1v) is 7.02. The van der Waals surface area contributed by atoms with E-state index in [2.05, 4.69) is 18.0 Å². The second-order valence-electron chi connectivity index (χ2n) is 5.00. The lowest BCUT2D eigenvalue weighted by Gasteiger charge is -2.06. The highest BCUT2D eigenvalue weighted by Crippen LogP contribution is 2.27. The maximum absolute atomic E-state index is 6.12. The number of oxazole rings is 1. The van der Waals surface area contributed by atoms with E-state index in [-0.39, 0.29) is 0 Å². The largest absolute Gasteiger partial charge is 0.436 e. The zero-order chi connectivity index (χ0) is 13.9. The van der Waals surface area contributed by atoms with E-state index >= 15 is 0 Å². The quantitative estimate of drug-likeness (QED) is 0.711. The highest BCUT2D eigenvalue weighted by molar-refractivity contribution is 5.76. The number of rotatable bonds is 4. The molecule has 0 saturated heterocycles. The van der Waals surface area contributed by atoms with Crippen molar-refractivity contribution >= 4 is 16.8 Å². The van der Waals surface area contributed by atoms with Gasteiger partial charge in [0, 0.05) is 11.3 Å². The molecule has 0 bridgehead atoms. The summed E-state index contributed by atoms with van der Waals surface area (Å²) in [6.07, 6.45) is 3.36. The summed E-state index contributed by atoms with van der Waals surface area (Å²) < 4.78 is 5.76. The maximum atomic E-state index is 6.12. The number of nitrogens with zero attached hydrogens (tertiary/aromatic N) is 1. The second-order valence-corrected chi connectivity index (χ2v) is 5.00. The van der Waals surface area contributed by atoms with Crippen molar-refractivity contribution in [1.82, 2.24) is 4.98 Å². The first-order chi connectivity index (χ1) is 9.78. The lowest BCUT2D eigenvalue weighted by atomic mass is 10.0. The molecule has 3 heteroatoms. The monoisotopic (exact) mass is 266 g/mol. The number of nitrogen functional groups attached to an aromatic ring is 1. The molecule has 0 radical (unpaired) electrons. The van der Waals surface area contributed by atoms with E-state index in [1.54, 1.807) is 0 Å². The van der Waals surface area contributed by atoms with Crippen LogP contribution in [0.4, 0.5) is 5.69 Å². The number of fused-ring (bicyclic) bond motifs is 1. The Kier molecular flexibility index (Phi) is 3.42. The van der Waals surface area contributed by atoms with Gasteiger partial charge in [-0.15, -0.1) is 0 Å². The molecule has 0 unspecified atom stereocenters. The average Bonchev–Trinajstić information content (AvgIpc) is 2.90. The van der Waals surface area contributed by atoms with Gasteiger partial charge in [-0.25, -0.2) is 4.98 Å². The molecule has 0 aliphatic carbocycles. The Labute approximate surface area is 118 Å². The molecular weight excluding hydrogens is 248 g/mol. The lowest BCUT2D eigenvalue weighted by molar-refractivity contribution is 0.620. The summed E-state index contributed by atoms with van der Waals surface area (Å²) in [6.45, 7) is 2.18. The number of hydrogen-bond donors (Lipinski definition) is 1. The van der Waals surface area contributed by atoms with E-state index in [1.807, 2.05) is 36.4 Å². The first kappa shape index (κ1) is 12.7. The van der Waals surface area contributed by atoms with Crippen LogP contribution in [-0.4, -0.2) is 4.98 Å². The van der Waals surface area contributed by atoms with Crippen LogP contribution in [0.25, 0.3) is 22.6 Å². The molecule has 0 amide bonds. The summed E-state index contributed by atoms with van der Waals surface area (Å²) in [6, 6.07) is 13.8. The zero-order valence-corrected chi connectivity index (χ0v) is 11.6. The first-order valence-electron chi connectivity index (χ1n) is 7.02. The fourth-order valence-corrected chi connectivity index (χ4v) is 2.32. The van der Waals surface area contributed by atoms with Gasteiger partial charge < -0.3 is 10.2 Å². The van der Waals surface area contributed by atoms with E-state index in [4.69, 9.17) is 10.2 Å². The zero-order valence-electron chi connectivity index (χ0n) is 11.6. The topological polar surface area (TPSA) is 52.0 Å². The van der Waals surface area contributed by atoms with Gasteiger partial charge >= 0.3 is 0 Å². The minimum absolute atomic E-state index is 0.625. The molecular formula is C17H18N2O. The van der Waals surface area contributed by atoms with Crippen LogP contribution in [0, 0.1) is 0 Å². The summed E-state index contributed by atoms with van der Waals surface area (Å²) in [4.78, 5) is 4.49. The van der Waals surface area contributed by atoms with Gasteiger partial charge in [-0.1, -0.05) is 31.5 Å². The Morgan fingerprint density at radius 2 is 2.00 bits per heavy atom. The predicted molar refractivity (Wildman–Crippen MR) is 82.5 cm³/mol. The summed E-state index contributed by atoms with van der Waals surface area (Å²) in [7, 11) is 0. The summed E-state index contributed by atoms with van der Waals surface area (Å²) in [5.74, 6) is 0.625. The summed E-state index contributed by atoms with van der Waals surface area (Å²) in [5, 5.41) is 0. The molecule has 2 aromatic carbocycles. The molecule has 0 saturated carbocycles. The average molecular weight is 266 g/mol. The number of anilines is 1. The third-order valence-electron chi connectivity index (χ3n) is 3.49. The Morgan fingerprint density at radius 1 is 1.15 bits per heavy atom. The minimum atomic E-state index is 0.625. The number of aryl methyl sites for hydroxylation is 1. The van der Waals surface area contributed by atoms with Gasteiger partial charge in [-0.2, -0.15) is 0 Å². The van der Waals surface area contributed by atoms with Gasteiger partial charge in [-0.3, -0.25) is 0 Å². The van der Waals surface area contributed by atoms with Crippen molar-refractivity contribution in [1.29, 1.82) is 0 Å². The second kappa shape index (κ2) is 5.37. The van der Waals surface area contributed by atoms with Crippen molar-refractivity contribution in [2.24, 2.45) is 0 Å². The third kappa shape index (κ3) is 2.39. The van der Waals surface area contributed by atoms with Crippen LogP contribution in [-0.2, 0) is 6.42 Å². The molecule has 0 aliphatic heterocycles. The third-order valence-corrected chi connectivity index (χ3v) is 3.49. The highest BCUT2D eigenvalue weighted by Gasteiger charge is 2.09. The van der Waals surface area contributed by atoms with E-state index < -0.39 is 0 Å². The van der Waals surface area contributed by atoms with E-state index in [0.717, 1.165) is 35.2 Å². The van der Waals surface area contributed by atoms with Crippen molar-refractivity contribution in [2.75, 3.05) is 5.73 Å². The Bertz CT molecular complexity index is 698. The van der Waals surface area contributed by atoms with Crippen LogP contribution in [0.2, 0.25) is 0 Å². The molecule has 0 atom stereocenters. The number of para-hydroxylation sites is 2. The molecule has 2 N–H and O–H groups in total. The fraction of sp³-hybridized carbons (Fsp3) is 0.235. The van der Waals surface area contributed by atoms with Gasteiger partial charge in [0.15, 0.2) is 5.58 Å². The molecule has 1 aromatic heterocycles. The van der Waals surface area contributed by atoms with Gasteiger partial charge in [0.1, 0.15) is 5.52 Å². The molecule has 0 aliphatic rings. The molecule has 3 nitrogen and oxygen atoms in total. The molecule has 0 spiro atoms. The number of hydrogen-bond acceptors (Lipinski definition) is 3. The number of nitrogens with two attached hydrogens (primary N) is 1. The van der Waals surface area contributed by atoms with Gasteiger partial charge in [0.05, 0.1) is 0 Å². The van der Waals surface area contributed by atoms with Crippen molar-refractivity contribution < 1.29 is 4.42 Å². The standard InChI is InChI=1S/C17H18N2O/c1-2-3-6-12-9-10-13(11-14(12)18)17-19-15-7-4-5-8-16(15)20-17/h4-5,7-11H,2-3,6,18H2,1H3. The van der Waals surface area contributed by atoms with Gasteiger partial charge in [-0.05, 0) is 42.7 Å². The minimum Gasteiger partial charge on any atom is -0.436 e. The fourth-order valence-electron chi connectivity index (χ4n) is 2.32. The van der Waals surface area contributed by atoms with Crippen LogP contribution < -0.4 is 5.73 Å². The molecule has 1 heterocycles. The van der Waals surface area contributed by atoms with E-state index in [1.165, 1.54) is 12.0 Å². The Hall–Kier alpha value is -2.29. The van der Waals surface area contributed by atoms with Gasteiger partial charge in [0.25, 0.3) is 0 Å². The maximum Gasteiger partial charge on any atom is 0.227 e. The molecule has 3 aromatic rings. The van der Waals surface area contributed by atoms with Gasteiger partial charge in [0.2, 0.25) is 5.89 Å². The van der Waals surface area contributed by atoms with Crippen LogP contribution in [0.3, 0.4) is 0 Å². The van der Waals surface area contributed by atoms with Crippen molar-refractivity contribution in [2.45, 2.75) is 26.2 Å². The summed E-state index contributed by atoms with van der Waals surface area (Å²) in [5.41, 5.74) is 10.7. The Balaban J connectivity index is 1.95. The molecule has 20 heavy (non-hydrogen) atoms. The smallest absolute Gasteiger partial charge is 0.227 e. The van der Waals surface area contributed by atoms with Crippen LogP contribution in [0.5, 0.6) is 0 Å². The van der Waals surface area contributed by atoms with Crippen LogP contribution in [0.1, 0.15) is 25.3 Å². The molecule has 102 valence electrons. The predicted octanol–water partition coefficient (Wildman–Crippen LogP) is 4.42. The van der Waals surface area contributed by atoms with Crippen LogP contribution in [0.15, 0.2) is 46.9 Å². The number of aromatic nitrogens is 1. The Morgan fingerprint density at radius 3 is 2.75 bits per heavy atom. The van der Waals surface area contributed by atoms with Crippen molar-refractivity contribution in [3.63, 3.8) is 0 Å².